The van der Waals surface area contributed by atoms with Crippen molar-refractivity contribution in [1.82, 2.24) is 10.1 Å². The van der Waals surface area contributed by atoms with Crippen molar-refractivity contribution >= 4 is 6.01 Å². The molecule has 0 amide bonds. The minimum atomic E-state index is 0.516. The lowest BCUT2D eigenvalue weighted by Crippen LogP contribution is -2.17. The van der Waals surface area contributed by atoms with E-state index in [1.165, 1.54) is 12.8 Å². The van der Waals surface area contributed by atoms with Crippen molar-refractivity contribution < 1.29 is 14.0 Å². The van der Waals surface area contributed by atoms with Crippen molar-refractivity contribution in [3.63, 3.8) is 0 Å². The number of rotatable bonds is 4. The fourth-order valence-electron chi connectivity index (χ4n) is 2.42. The predicted molar refractivity (Wildman–Crippen MR) is 74.3 cm³/mol. The van der Waals surface area contributed by atoms with Gasteiger partial charge in [-0.2, -0.15) is 4.98 Å². The molecule has 0 spiro atoms. The first-order valence-electron chi connectivity index (χ1n) is 6.63. The summed E-state index contributed by atoms with van der Waals surface area (Å²) in [5, 5.41) is 4.05. The Balaban J connectivity index is 1.96. The van der Waals surface area contributed by atoms with Crippen LogP contribution < -0.4 is 14.4 Å². The molecule has 1 aromatic heterocycles. The molecule has 1 aliphatic rings. The van der Waals surface area contributed by atoms with Gasteiger partial charge in [-0.15, -0.1) is 0 Å². The average molecular weight is 275 g/mol. The quantitative estimate of drug-likeness (QED) is 0.853. The molecule has 20 heavy (non-hydrogen) atoms. The lowest BCUT2D eigenvalue weighted by Gasteiger charge is -2.10. The molecule has 1 aromatic carbocycles. The smallest absolute Gasteiger partial charge is 0.324 e. The van der Waals surface area contributed by atoms with E-state index in [0.717, 1.165) is 18.7 Å². The van der Waals surface area contributed by atoms with Crippen LogP contribution in [-0.2, 0) is 0 Å². The van der Waals surface area contributed by atoms with Crippen LogP contribution in [-0.4, -0.2) is 37.4 Å². The molecule has 2 aromatic rings. The van der Waals surface area contributed by atoms with Crippen LogP contribution in [0.15, 0.2) is 22.7 Å². The molecule has 0 atom stereocenters. The largest absolute Gasteiger partial charge is 0.493 e. The second kappa shape index (κ2) is 5.40. The van der Waals surface area contributed by atoms with Crippen molar-refractivity contribution in [3.8, 4) is 22.9 Å². The monoisotopic (exact) mass is 275 g/mol. The number of benzene rings is 1. The number of aromatic nitrogens is 2. The molecule has 0 radical (unpaired) electrons. The predicted octanol–water partition coefficient (Wildman–Crippen LogP) is 2.35. The van der Waals surface area contributed by atoms with Gasteiger partial charge in [0.25, 0.3) is 0 Å². The van der Waals surface area contributed by atoms with Crippen LogP contribution in [0.2, 0.25) is 0 Å². The van der Waals surface area contributed by atoms with Gasteiger partial charge in [0.15, 0.2) is 11.5 Å². The summed E-state index contributed by atoms with van der Waals surface area (Å²) in [7, 11) is 3.20. The Hall–Kier alpha value is -2.24. The summed E-state index contributed by atoms with van der Waals surface area (Å²) in [6.07, 6.45) is 2.33. The van der Waals surface area contributed by atoms with Crippen LogP contribution in [0.25, 0.3) is 11.4 Å². The number of para-hydroxylation sites is 1. The first-order valence-corrected chi connectivity index (χ1v) is 6.63. The van der Waals surface area contributed by atoms with E-state index in [1.54, 1.807) is 14.2 Å². The molecule has 0 bridgehead atoms. The first-order chi connectivity index (χ1) is 9.83. The van der Waals surface area contributed by atoms with Crippen LogP contribution in [0.4, 0.5) is 6.01 Å². The Morgan fingerprint density at radius 3 is 2.65 bits per heavy atom. The maximum absolute atomic E-state index is 5.40. The second-order valence-electron chi connectivity index (χ2n) is 4.64. The Morgan fingerprint density at radius 1 is 1.15 bits per heavy atom. The molecule has 106 valence electrons. The first kappa shape index (κ1) is 12.8. The number of hydrogen-bond donors (Lipinski definition) is 0. The highest BCUT2D eigenvalue weighted by Gasteiger charge is 2.21. The summed E-state index contributed by atoms with van der Waals surface area (Å²) in [5.74, 6) is 1.78. The Labute approximate surface area is 117 Å². The molecule has 0 saturated carbocycles. The lowest BCUT2D eigenvalue weighted by molar-refractivity contribution is 0.355. The molecule has 6 nitrogen and oxygen atoms in total. The number of ether oxygens (including phenoxy) is 2. The van der Waals surface area contributed by atoms with E-state index in [1.807, 2.05) is 18.2 Å². The van der Waals surface area contributed by atoms with Crippen molar-refractivity contribution in [2.45, 2.75) is 12.8 Å². The fraction of sp³-hybridized carbons (Fsp3) is 0.429. The molecule has 2 heterocycles. The van der Waals surface area contributed by atoms with E-state index >= 15 is 0 Å². The molecular weight excluding hydrogens is 258 g/mol. The van der Waals surface area contributed by atoms with Gasteiger partial charge in [-0.1, -0.05) is 11.2 Å². The van der Waals surface area contributed by atoms with Crippen molar-refractivity contribution in [2.24, 2.45) is 0 Å². The summed E-state index contributed by atoms with van der Waals surface area (Å²) in [5.41, 5.74) is 0.765. The van der Waals surface area contributed by atoms with E-state index in [0.29, 0.717) is 23.3 Å². The SMILES string of the molecule is COc1cccc(-c2noc(N3CCCC3)n2)c1OC. The highest BCUT2D eigenvalue weighted by Crippen LogP contribution is 2.37. The summed E-state index contributed by atoms with van der Waals surface area (Å²) in [6, 6.07) is 6.18. The van der Waals surface area contributed by atoms with Gasteiger partial charge in [-0.3, -0.25) is 0 Å². The van der Waals surface area contributed by atoms with Gasteiger partial charge in [0.05, 0.1) is 19.8 Å². The third kappa shape index (κ3) is 2.17. The number of anilines is 1. The minimum absolute atomic E-state index is 0.516. The Morgan fingerprint density at radius 2 is 1.95 bits per heavy atom. The van der Waals surface area contributed by atoms with Crippen LogP contribution >= 0.6 is 0 Å². The van der Waals surface area contributed by atoms with Gasteiger partial charge < -0.3 is 18.9 Å². The zero-order valence-electron chi connectivity index (χ0n) is 11.6. The van der Waals surface area contributed by atoms with Gasteiger partial charge in [0.2, 0.25) is 5.82 Å². The molecule has 3 rings (SSSR count). The van der Waals surface area contributed by atoms with E-state index in [9.17, 15) is 0 Å². The van der Waals surface area contributed by atoms with E-state index in [-0.39, 0.29) is 0 Å². The maximum Gasteiger partial charge on any atom is 0.324 e. The molecule has 0 unspecified atom stereocenters. The van der Waals surface area contributed by atoms with Crippen molar-refractivity contribution in [2.75, 3.05) is 32.2 Å². The molecule has 1 aliphatic heterocycles. The maximum atomic E-state index is 5.40. The van der Waals surface area contributed by atoms with Gasteiger partial charge in [-0.05, 0) is 25.0 Å². The highest BCUT2D eigenvalue weighted by atomic mass is 16.5. The molecule has 1 fully saturated rings. The van der Waals surface area contributed by atoms with Crippen LogP contribution in [0, 0.1) is 0 Å². The zero-order chi connectivity index (χ0) is 13.9. The standard InChI is InChI=1S/C14H17N3O3/c1-18-11-7-5-6-10(12(11)19-2)13-15-14(20-16-13)17-8-3-4-9-17/h5-7H,3-4,8-9H2,1-2H3. The summed E-state index contributed by atoms with van der Waals surface area (Å²) >= 11 is 0. The van der Waals surface area contributed by atoms with E-state index in [2.05, 4.69) is 15.0 Å². The average Bonchev–Trinajstić information content (AvgIpc) is 3.16. The lowest BCUT2D eigenvalue weighted by atomic mass is 10.2. The Kier molecular flexibility index (Phi) is 3.45. The van der Waals surface area contributed by atoms with Gasteiger partial charge in [-0.25, -0.2) is 0 Å². The summed E-state index contributed by atoms with van der Waals surface area (Å²) in [6.45, 7) is 1.94. The summed E-state index contributed by atoms with van der Waals surface area (Å²) in [4.78, 5) is 6.56. The van der Waals surface area contributed by atoms with Gasteiger partial charge >= 0.3 is 6.01 Å². The van der Waals surface area contributed by atoms with E-state index < -0.39 is 0 Å². The second-order valence-corrected chi connectivity index (χ2v) is 4.64. The number of hydrogen-bond acceptors (Lipinski definition) is 6. The van der Waals surface area contributed by atoms with Crippen molar-refractivity contribution in [1.29, 1.82) is 0 Å². The zero-order valence-corrected chi connectivity index (χ0v) is 11.6. The van der Waals surface area contributed by atoms with Crippen LogP contribution in [0.1, 0.15) is 12.8 Å². The van der Waals surface area contributed by atoms with Crippen LogP contribution in [0.5, 0.6) is 11.5 Å². The fourth-order valence-corrected chi connectivity index (χ4v) is 2.42. The molecule has 0 N–H and O–H groups in total. The highest BCUT2D eigenvalue weighted by molar-refractivity contribution is 5.69. The molecule has 0 aliphatic carbocycles. The molecule has 6 heteroatoms. The topological polar surface area (TPSA) is 60.6 Å². The van der Waals surface area contributed by atoms with Gasteiger partial charge in [0, 0.05) is 13.1 Å². The van der Waals surface area contributed by atoms with Crippen LogP contribution in [0.3, 0.4) is 0 Å². The minimum Gasteiger partial charge on any atom is -0.493 e. The number of nitrogens with zero attached hydrogens (tertiary/aromatic N) is 3. The Bertz CT molecular complexity index is 591. The third-order valence-corrected chi connectivity index (χ3v) is 3.44. The van der Waals surface area contributed by atoms with Gasteiger partial charge in [0.1, 0.15) is 0 Å². The molecule has 1 saturated heterocycles. The number of methoxy groups -OCH3 is 2. The summed E-state index contributed by atoms with van der Waals surface area (Å²) < 4.78 is 16.0. The van der Waals surface area contributed by atoms with Crippen molar-refractivity contribution in [3.05, 3.63) is 18.2 Å². The normalized spacial score (nSPS) is 14.6. The van der Waals surface area contributed by atoms with E-state index in [4.69, 9.17) is 14.0 Å². The molecular formula is C14H17N3O3. The third-order valence-electron chi connectivity index (χ3n) is 3.44.